The van der Waals surface area contributed by atoms with Gasteiger partial charge in [0.15, 0.2) is 0 Å². The van der Waals surface area contributed by atoms with Crippen LogP contribution >= 0.6 is 0 Å². The van der Waals surface area contributed by atoms with Gasteiger partial charge < -0.3 is 11.5 Å². The standard InChI is InChI=1S/C8H11BN4O4/c10-7(14)12-16-9(17-13-8(11)15)6-4-2-1-3-5-6/h1-5H,(H3,10,12,14)(H3,11,13,15). The number of carbonyl (C=O) groups is 2. The number of amides is 4. The Kier molecular flexibility index (Phi) is 4.79. The largest absolute Gasteiger partial charge is 0.539 e. The summed E-state index contributed by atoms with van der Waals surface area (Å²) in [6.07, 6.45) is 0. The molecule has 17 heavy (non-hydrogen) atoms. The zero-order valence-corrected chi connectivity index (χ0v) is 8.75. The van der Waals surface area contributed by atoms with Gasteiger partial charge in [-0.05, 0) is 5.46 Å². The van der Waals surface area contributed by atoms with Crippen LogP contribution in [0.15, 0.2) is 30.3 Å². The van der Waals surface area contributed by atoms with Gasteiger partial charge in [0.05, 0.1) is 0 Å². The summed E-state index contributed by atoms with van der Waals surface area (Å²) in [5, 5.41) is 0. The zero-order valence-electron chi connectivity index (χ0n) is 8.75. The summed E-state index contributed by atoms with van der Waals surface area (Å²) in [7, 11) is -1.06. The van der Waals surface area contributed by atoms with Crippen molar-refractivity contribution in [3.63, 3.8) is 0 Å². The van der Waals surface area contributed by atoms with Crippen molar-refractivity contribution in [1.82, 2.24) is 11.0 Å². The topological polar surface area (TPSA) is 129 Å². The van der Waals surface area contributed by atoms with Crippen LogP contribution < -0.4 is 27.9 Å². The van der Waals surface area contributed by atoms with E-state index in [4.69, 9.17) is 21.0 Å². The van der Waals surface area contributed by atoms with Crippen molar-refractivity contribution in [3.8, 4) is 0 Å². The molecular formula is C8H11BN4O4. The molecule has 0 aliphatic heterocycles. The second-order valence-corrected chi connectivity index (χ2v) is 2.91. The molecular weight excluding hydrogens is 227 g/mol. The Labute approximate surface area is 97.3 Å². The smallest absolute Gasteiger partial charge is 0.350 e. The lowest BCUT2D eigenvalue weighted by molar-refractivity contribution is 0.115. The minimum absolute atomic E-state index is 0.551. The summed E-state index contributed by atoms with van der Waals surface area (Å²) in [6, 6.07) is 6.77. The summed E-state index contributed by atoms with van der Waals surface area (Å²) in [4.78, 5) is 21.0. The Bertz CT molecular complexity index is 370. The molecule has 0 aliphatic carbocycles. The van der Waals surface area contributed by atoms with Crippen molar-refractivity contribution >= 4 is 24.6 Å². The molecule has 0 saturated heterocycles. The van der Waals surface area contributed by atoms with Crippen molar-refractivity contribution in [2.24, 2.45) is 11.5 Å². The minimum atomic E-state index is -1.06. The van der Waals surface area contributed by atoms with E-state index in [1.165, 1.54) is 0 Å². The van der Waals surface area contributed by atoms with Crippen LogP contribution in [0.3, 0.4) is 0 Å². The van der Waals surface area contributed by atoms with E-state index in [1.807, 2.05) is 11.0 Å². The molecule has 9 heteroatoms. The number of hydrogen-bond acceptors (Lipinski definition) is 4. The monoisotopic (exact) mass is 238 g/mol. The summed E-state index contributed by atoms with van der Waals surface area (Å²) in [5.74, 6) is 0. The molecule has 90 valence electrons. The first-order valence-electron chi connectivity index (χ1n) is 4.56. The second kappa shape index (κ2) is 6.35. The highest BCUT2D eigenvalue weighted by Crippen LogP contribution is 1.90. The van der Waals surface area contributed by atoms with Crippen LogP contribution in [0.5, 0.6) is 0 Å². The fraction of sp³-hybridized carbons (Fsp3) is 0. The molecule has 1 aromatic carbocycles. The van der Waals surface area contributed by atoms with Crippen LogP contribution in [0.1, 0.15) is 0 Å². The number of rotatable bonds is 5. The molecule has 0 saturated carbocycles. The molecule has 0 radical (unpaired) electrons. The Morgan fingerprint density at radius 3 is 1.88 bits per heavy atom. The molecule has 4 amide bonds. The predicted molar refractivity (Wildman–Crippen MR) is 59.4 cm³/mol. The van der Waals surface area contributed by atoms with Crippen LogP contribution in [0.2, 0.25) is 0 Å². The van der Waals surface area contributed by atoms with E-state index in [0.717, 1.165) is 0 Å². The normalized spacial score (nSPS) is 9.41. The predicted octanol–water partition coefficient (Wildman–Crippen LogP) is -1.42. The number of hydrogen-bond donors (Lipinski definition) is 4. The number of nitrogens with two attached hydrogens (primary N) is 2. The Morgan fingerprint density at radius 2 is 1.47 bits per heavy atom. The van der Waals surface area contributed by atoms with Crippen molar-refractivity contribution < 1.29 is 19.1 Å². The first-order chi connectivity index (χ1) is 8.09. The quantitative estimate of drug-likeness (QED) is 0.370. The van der Waals surface area contributed by atoms with Gasteiger partial charge in [-0.2, -0.15) is 0 Å². The number of nitrogens with one attached hydrogen (secondary N) is 2. The Hall–Kier alpha value is -2.26. The van der Waals surface area contributed by atoms with E-state index in [-0.39, 0.29) is 0 Å². The lowest BCUT2D eigenvalue weighted by atomic mass is 9.80. The van der Waals surface area contributed by atoms with Crippen molar-refractivity contribution in [2.45, 2.75) is 0 Å². The minimum Gasteiger partial charge on any atom is -0.350 e. The SMILES string of the molecule is NC(=O)NOB(ONC(N)=O)c1ccccc1. The number of hydroxylamine groups is 2. The maximum absolute atomic E-state index is 10.5. The summed E-state index contributed by atoms with van der Waals surface area (Å²) < 4.78 is 9.65. The summed E-state index contributed by atoms with van der Waals surface area (Å²) >= 11 is 0. The lowest BCUT2D eigenvalue weighted by Gasteiger charge is -2.13. The molecule has 0 fully saturated rings. The Balaban J connectivity index is 2.64. The number of benzene rings is 1. The first kappa shape index (κ1) is 12.8. The molecule has 0 aromatic heterocycles. The van der Waals surface area contributed by atoms with Gasteiger partial charge in [0, 0.05) is 0 Å². The highest BCUT2D eigenvalue weighted by molar-refractivity contribution is 6.61. The van der Waals surface area contributed by atoms with Crippen LogP contribution in [-0.4, -0.2) is 19.2 Å². The molecule has 0 atom stereocenters. The third-order valence-corrected chi connectivity index (χ3v) is 1.60. The van der Waals surface area contributed by atoms with Crippen LogP contribution in [-0.2, 0) is 9.51 Å². The summed E-state index contributed by atoms with van der Waals surface area (Å²) in [6.45, 7) is 0. The third kappa shape index (κ3) is 4.86. The van der Waals surface area contributed by atoms with E-state index in [0.29, 0.717) is 5.46 Å². The molecule has 0 heterocycles. The molecule has 8 nitrogen and oxygen atoms in total. The second-order valence-electron chi connectivity index (χ2n) is 2.91. The van der Waals surface area contributed by atoms with Gasteiger partial charge >= 0.3 is 19.2 Å². The van der Waals surface area contributed by atoms with E-state index >= 15 is 0 Å². The van der Waals surface area contributed by atoms with Crippen LogP contribution in [0, 0.1) is 0 Å². The number of carbonyl (C=O) groups excluding carboxylic acids is 2. The van der Waals surface area contributed by atoms with Crippen molar-refractivity contribution in [3.05, 3.63) is 30.3 Å². The third-order valence-electron chi connectivity index (χ3n) is 1.60. The van der Waals surface area contributed by atoms with Gasteiger partial charge in [-0.3, -0.25) is 9.51 Å². The van der Waals surface area contributed by atoms with Gasteiger partial charge in [-0.25, -0.2) is 20.5 Å². The highest BCUT2D eigenvalue weighted by Gasteiger charge is 2.23. The van der Waals surface area contributed by atoms with Gasteiger partial charge in [0.2, 0.25) is 0 Å². The highest BCUT2D eigenvalue weighted by atomic mass is 16.8. The number of urea groups is 2. The van der Waals surface area contributed by atoms with Crippen molar-refractivity contribution in [2.75, 3.05) is 0 Å². The van der Waals surface area contributed by atoms with Gasteiger partial charge in [-0.1, -0.05) is 30.3 Å². The van der Waals surface area contributed by atoms with Crippen molar-refractivity contribution in [1.29, 1.82) is 0 Å². The molecule has 1 aromatic rings. The molecule has 0 aliphatic rings. The maximum atomic E-state index is 10.5. The van der Waals surface area contributed by atoms with Gasteiger partial charge in [0.1, 0.15) is 0 Å². The van der Waals surface area contributed by atoms with Crippen LogP contribution in [0.4, 0.5) is 9.59 Å². The molecule has 0 unspecified atom stereocenters. The van der Waals surface area contributed by atoms with Crippen LogP contribution in [0.25, 0.3) is 0 Å². The van der Waals surface area contributed by atoms with E-state index in [9.17, 15) is 9.59 Å². The average Bonchev–Trinajstić information content (AvgIpc) is 2.29. The fourth-order valence-electron chi connectivity index (χ4n) is 0.994. The molecule has 0 bridgehead atoms. The first-order valence-corrected chi connectivity index (χ1v) is 4.56. The maximum Gasteiger partial charge on any atom is 0.539 e. The average molecular weight is 238 g/mol. The summed E-state index contributed by atoms with van der Waals surface area (Å²) in [5.41, 5.74) is 14.0. The van der Waals surface area contributed by atoms with Gasteiger partial charge in [-0.15, -0.1) is 0 Å². The molecule has 0 spiro atoms. The van der Waals surface area contributed by atoms with E-state index in [2.05, 4.69) is 0 Å². The fourth-order valence-corrected chi connectivity index (χ4v) is 0.994. The van der Waals surface area contributed by atoms with E-state index in [1.54, 1.807) is 30.3 Å². The zero-order chi connectivity index (χ0) is 12.7. The lowest BCUT2D eigenvalue weighted by Crippen LogP contribution is -2.48. The van der Waals surface area contributed by atoms with Gasteiger partial charge in [0.25, 0.3) is 0 Å². The number of primary amides is 2. The van der Waals surface area contributed by atoms with E-state index < -0.39 is 19.2 Å². The molecule has 1 rings (SSSR count). The molecule has 6 N–H and O–H groups in total. The Morgan fingerprint density at radius 1 is 1.00 bits per heavy atom.